The van der Waals surface area contributed by atoms with Crippen LogP contribution in [0.3, 0.4) is 0 Å². The summed E-state index contributed by atoms with van der Waals surface area (Å²) in [4.78, 5) is 28.0. The van der Waals surface area contributed by atoms with E-state index in [-0.39, 0.29) is 22.6 Å². The van der Waals surface area contributed by atoms with E-state index in [1.54, 1.807) is 48.5 Å². The minimum atomic E-state index is -1.84. The Bertz CT molecular complexity index is 1480. The maximum Gasteiger partial charge on any atom is 0.305 e. The fraction of sp³-hybridized carbons (Fsp3) is 0.375. The highest BCUT2D eigenvalue weighted by atomic mass is 35.5. The lowest BCUT2D eigenvalue weighted by atomic mass is 9.74. The lowest BCUT2D eigenvalue weighted by molar-refractivity contribution is -0.142. The Hall–Kier alpha value is -3.01. The molecule has 0 aromatic heterocycles. The van der Waals surface area contributed by atoms with Crippen LogP contribution < -0.4 is 0 Å². The fourth-order valence-corrected chi connectivity index (χ4v) is 6.77. The highest BCUT2D eigenvalue weighted by Gasteiger charge is 2.57. The Labute approximate surface area is 253 Å². The SMILES string of the molecule is CC[C@](O)(c1cc(F)c2c(c1)C(=O)N([C@@H](CC(=O)O)c1ccc(Cl)cc1)[C@@]2(OC)c1ccc(Cl)cc1)C1CCOCC1. The van der Waals surface area contributed by atoms with Crippen LogP contribution in [0.2, 0.25) is 10.0 Å². The molecule has 3 atom stereocenters. The Kier molecular flexibility index (Phi) is 8.65. The van der Waals surface area contributed by atoms with Gasteiger partial charge in [-0.2, -0.15) is 0 Å². The first kappa shape index (κ1) is 30.4. The number of fused-ring (bicyclic) bond motifs is 1. The Morgan fingerprint density at radius 2 is 1.71 bits per heavy atom. The van der Waals surface area contributed by atoms with E-state index >= 15 is 4.39 Å². The lowest BCUT2D eigenvalue weighted by Gasteiger charge is -2.42. The summed E-state index contributed by atoms with van der Waals surface area (Å²) in [6.45, 7) is 2.79. The summed E-state index contributed by atoms with van der Waals surface area (Å²) >= 11 is 12.3. The predicted octanol–water partition coefficient (Wildman–Crippen LogP) is 6.68. The van der Waals surface area contributed by atoms with Crippen molar-refractivity contribution in [1.29, 1.82) is 0 Å². The molecule has 3 aromatic carbocycles. The molecule has 1 amide bonds. The smallest absolute Gasteiger partial charge is 0.305 e. The van der Waals surface area contributed by atoms with Crippen LogP contribution in [0.1, 0.15) is 71.3 Å². The number of benzene rings is 3. The minimum absolute atomic E-state index is 0.00918. The average molecular weight is 617 g/mol. The number of rotatable bonds is 9. The van der Waals surface area contributed by atoms with Gasteiger partial charge in [-0.25, -0.2) is 4.39 Å². The van der Waals surface area contributed by atoms with Gasteiger partial charge >= 0.3 is 5.97 Å². The van der Waals surface area contributed by atoms with E-state index in [0.717, 1.165) is 0 Å². The van der Waals surface area contributed by atoms with Gasteiger partial charge < -0.3 is 19.7 Å². The number of ether oxygens (including phenoxy) is 2. The molecule has 3 aromatic rings. The van der Waals surface area contributed by atoms with E-state index in [2.05, 4.69) is 0 Å². The van der Waals surface area contributed by atoms with E-state index in [9.17, 15) is 19.8 Å². The van der Waals surface area contributed by atoms with E-state index in [1.165, 1.54) is 24.1 Å². The molecule has 0 bridgehead atoms. The highest BCUT2D eigenvalue weighted by Crippen LogP contribution is 2.52. The molecule has 42 heavy (non-hydrogen) atoms. The quantitative estimate of drug-likeness (QED) is 0.279. The van der Waals surface area contributed by atoms with Gasteiger partial charge in [-0.3, -0.25) is 14.5 Å². The Morgan fingerprint density at radius 3 is 2.26 bits per heavy atom. The summed E-state index contributed by atoms with van der Waals surface area (Å²) in [5.41, 5.74) is -2.17. The standard InChI is InChI=1S/C32H32Cl2FNO6/c1-3-31(40,20-12-14-42-15-13-20)22-16-25-29(26(35)17-22)32(41-2,21-6-10-24(34)11-7-21)36(30(25)39)27(18-28(37)38)19-4-8-23(33)9-5-19/h4-11,16-17,20,27,40H,3,12-15,18H2,1-2H3,(H,37,38)/t27-,31+,32+/m0/s1. The number of carboxylic acids is 1. The first-order valence-electron chi connectivity index (χ1n) is 13.8. The number of carbonyl (C=O) groups excluding carboxylic acids is 1. The number of carbonyl (C=O) groups is 2. The molecular formula is C32H32Cl2FNO6. The van der Waals surface area contributed by atoms with Crippen molar-refractivity contribution in [3.05, 3.63) is 104 Å². The minimum Gasteiger partial charge on any atom is -0.481 e. The fourth-order valence-electron chi connectivity index (χ4n) is 6.51. The zero-order valence-corrected chi connectivity index (χ0v) is 24.8. The number of nitrogens with zero attached hydrogens (tertiary/aromatic N) is 1. The van der Waals surface area contributed by atoms with Crippen molar-refractivity contribution in [2.45, 2.75) is 50.0 Å². The van der Waals surface area contributed by atoms with E-state index < -0.39 is 41.5 Å². The third kappa shape index (κ3) is 5.09. The van der Waals surface area contributed by atoms with Crippen molar-refractivity contribution < 1.29 is 33.7 Å². The summed E-state index contributed by atoms with van der Waals surface area (Å²) in [6.07, 6.45) is 0.989. The first-order valence-corrected chi connectivity index (χ1v) is 14.6. The van der Waals surface area contributed by atoms with Gasteiger partial charge in [-0.05, 0) is 72.7 Å². The lowest BCUT2D eigenvalue weighted by Crippen LogP contribution is -2.49. The first-order chi connectivity index (χ1) is 20.1. The monoisotopic (exact) mass is 615 g/mol. The molecule has 0 radical (unpaired) electrons. The number of methoxy groups -OCH3 is 1. The second kappa shape index (κ2) is 11.9. The van der Waals surface area contributed by atoms with Crippen LogP contribution in [0.15, 0.2) is 60.7 Å². The summed E-state index contributed by atoms with van der Waals surface area (Å²) < 4.78 is 28.2. The molecule has 0 unspecified atom stereocenters. The van der Waals surface area contributed by atoms with Crippen molar-refractivity contribution in [3.63, 3.8) is 0 Å². The molecule has 2 aliphatic rings. The van der Waals surface area contributed by atoms with Crippen LogP contribution in [-0.2, 0) is 25.6 Å². The van der Waals surface area contributed by atoms with Gasteiger partial charge in [0.1, 0.15) is 5.82 Å². The average Bonchev–Trinajstić information content (AvgIpc) is 3.25. The van der Waals surface area contributed by atoms with Crippen LogP contribution in [-0.4, -0.2) is 47.3 Å². The Balaban J connectivity index is 1.77. The normalized spacial score (nSPS) is 21.2. The van der Waals surface area contributed by atoms with Crippen molar-refractivity contribution >= 4 is 35.1 Å². The largest absolute Gasteiger partial charge is 0.481 e. The van der Waals surface area contributed by atoms with E-state index in [4.69, 9.17) is 32.7 Å². The summed E-state index contributed by atoms with van der Waals surface area (Å²) in [6, 6.07) is 14.6. The summed E-state index contributed by atoms with van der Waals surface area (Å²) in [5, 5.41) is 22.7. The van der Waals surface area contributed by atoms with Gasteiger partial charge in [-0.1, -0.05) is 54.4 Å². The predicted molar refractivity (Wildman–Crippen MR) is 156 cm³/mol. The molecule has 5 rings (SSSR count). The molecule has 2 N–H and O–H groups in total. The molecule has 2 heterocycles. The van der Waals surface area contributed by atoms with Gasteiger partial charge in [-0.15, -0.1) is 0 Å². The zero-order valence-electron chi connectivity index (χ0n) is 23.3. The molecule has 10 heteroatoms. The molecule has 2 aliphatic heterocycles. The van der Waals surface area contributed by atoms with Gasteiger partial charge in [0.15, 0.2) is 5.72 Å². The van der Waals surface area contributed by atoms with Gasteiger partial charge in [0, 0.05) is 35.9 Å². The molecule has 1 saturated heterocycles. The van der Waals surface area contributed by atoms with E-state index in [0.29, 0.717) is 53.6 Å². The van der Waals surface area contributed by atoms with Crippen molar-refractivity contribution in [3.8, 4) is 0 Å². The van der Waals surface area contributed by atoms with Crippen LogP contribution in [0, 0.1) is 11.7 Å². The van der Waals surface area contributed by atoms with Crippen LogP contribution >= 0.6 is 23.2 Å². The maximum absolute atomic E-state index is 16.6. The summed E-state index contributed by atoms with van der Waals surface area (Å²) in [7, 11) is 1.35. The van der Waals surface area contributed by atoms with Crippen LogP contribution in [0.5, 0.6) is 0 Å². The number of carboxylic acid groups (broad SMARTS) is 1. The van der Waals surface area contributed by atoms with Crippen molar-refractivity contribution in [2.24, 2.45) is 5.92 Å². The van der Waals surface area contributed by atoms with E-state index in [1.807, 2.05) is 6.92 Å². The van der Waals surface area contributed by atoms with Gasteiger partial charge in [0.2, 0.25) is 0 Å². The molecule has 222 valence electrons. The molecular weight excluding hydrogens is 584 g/mol. The number of hydrogen-bond acceptors (Lipinski definition) is 5. The molecule has 7 nitrogen and oxygen atoms in total. The third-order valence-corrected chi connectivity index (χ3v) is 9.12. The second-order valence-electron chi connectivity index (χ2n) is 10.7. The topological polar surface area (TPSA) is 96.3 Å². The van der Waals surface area contributed by atoms with Crippen LogP contribution in [0.25, 0.3) is 0 Å². The maximum atomic E-state index is 16.6. The van der Waals surface area contributed by atoms with Crippen molar-refractivity contribution in [1.82, 2.24) is 4.90 Å². The second-order valence-corrected chi connectivity index (χ2v) is 11.6. The molecule has 0 saturated carbocycles. The number of amides is 1. The number of aliphatic carboxylic acids is 1. The highest BCUT2D eigenvalue weighted by molar-refractivity contribution is 6.30. The van der Waals surface area contributed by atoms with Gasteiger partial charge in [0.05, 0.1) is 29.2 Å². The molecule has 0 aliphatic carbocycles. The number of aliphatic hydroxyl groups is 1. The summed E-state index contributed by atoms with van der Waals surface area (Å²) in [5.74, 6) is -2.74. The molecule has 1 fully saturated rings. The number of hydrogen-bond donors (Lipinski definition) is 2. The third-order valence-electron chi connectivity index (χ3n) is 8.62. The van der Waals surface area contributed by atoms with Crippen molar-refractivity contribution in [2.75, 3.05) is 20.3 Å². The molecule has 0 spiro atoms. The Morgan fingerprint density at radius 1 is 1.12 bits per heavy atom. The van der Waals surface area contributed by atoms with Crippen LogP contribution in [0.4, 0.5) is 4.39 Å². The zero-order chi connectivity index (χ0) is 30.2. The van der Waals surface area contributed by atoms with Gasteiger partial charge in [0.25, 0.3) is 5.91 Å². The number of halogens is 3.